The molecule has 26 heavy (non-hydrogen) atoms. The fourth-order valence-electron chi connectivity index (χ4n) is 2.62. The van der Waals surface area contributed by atoms with E-state index in [1.807, 2.05) is 32.0 Å². The molecule has 2 aromatic carbocycles. The third kappa shape index (κ3) is 3.57. The number of rotatable bonds is 3. The molecule has 0 aromatic heterocycles. The Morgan fingerprint density at radius 3 is 2.50 bits per heavy atom. The molecule has 4 nitrogen and oxygen atoms in total. The quantitative estimate of drug-likeness (QED) is 0.444. The van der Waals surface area contributed by atoms with Gasteiger partial charge in [-0.15, -0.1) is 0 Å². The van der Waals surface area contributed by atoms with Gasteiger partial charge in [0.05, 0.1) is 23.3 Å². The first-order valence-corrected chi connectivity index (χ1v) is 9.17. The molecule has 0 aliphatic carbocycles. The predicted molar refractivity (Wildman–Crippen MR) is 109 cm³/mol. The molecule has 0 radical (unpaired) electrons. The van der Waals surface area contributed by atoms with Crippen molar-refractivity contribution in [3.63, 3.8) is 0 Å². The lowest BCUT2D eigenvalue weighted by Gasteiger charge is -2.17. The van der Waals surface area contributed by atoms with Gasteiger partial charge in [-0.1, -0.05) is 48.2 Å². The van der Waals surface area contributed by atoms with Crippen LogP contribution in [-0.2, 0) is 9.53 Å². The van der Waals surface area contributed by atoms with Gasteiger partial charge in [-0.2, -0.15) is 0 Å². The number of carbonyl (C=O) groups is 2. The molecule has 1 amide bonds. The first kappa shape index (κ1) is 18.4. The van der Waals surface area contributed by atoms with Crippen molar-refractivity contribution in [3.8, 4) is 0 Å². The van der Waals surface area contributed by atoms with E-state index in [-0.39, 0.29) is 5.91 Å². The Bertz CT molecular complexity index is 933. The van der Waals surface area contributed by atoms with Gasteiger partial charge >= 0.3 is 5.97 Å². The molecule has 1 aliphatic rings. The lowest BCUT2D eigenvalue weighted by atomic mass is 10.1. The number of anilines is 1. The Balaban J connectivity index is 1.90. The number of hydrogen-bond acceptors (Lipinski definition) is 5. The molecule has 6 heteroatoms. The second kappa shape index (κ2) is 7.43. The molecule has 0 atom stereocenters. The van der Waals surface area contributed by atoms with Crippen molar-refractivity contribution in [2.45, 2.75) is 13.8 Å². The number of hydrogen-bond donors (Lipinski definition) is 0. The van der Waals surface area contributed by atoms with Gasteiger partial charge in [0, 0.05) is 0 Å². The fourth-order valence-corrected chi connectivity index (χ4v) is 3.91. The van der Waals surface area contributed by atoms with Crippen LogP contribution in [0.15, 0.2) is 47.4 Å². The Morgan fingerprint density at radius 1 is 1.15 bits per heavy atom. The molecule has 0 saturated carbocycles. The third-order valence-corrected chi connectivity index (χ3v) is 5.33. The van der Waals surface area contributed by atoms with Crippen LogP contribution in [0.1, 0.15) is 27.0 Å². The van der Waals surface area contributed by atoms with Crippen LogP contribution in [0.5, 0.6) is 0 Å². The van der Waals surface area contributed by atoms with Crippen LogP contribution in [0.4, 0.5) is 5.69 Å². The van der Waals surface area contributed by atoms with E-state index in [2.05, 4.69) is 4.74 Å². The summed E-state index contributed by atoms with van der Waals surface area (Å²) in [7, 11) is 1.34. The highest BCUT2D eigenvalue weighted by molar-refractivity contribution is 8.27. The molecular formula is C20H17NO3S2. The molecule has 3 rings (SSSR count). The Hall–Kier alpha value is -2.44. The highest BCUT2D eigenvalue weighted by atomic mass is 32.2. The third-order valence-electron chi connectivity index (χ3n) is 4.03. The second-order valence-corrected chi connectivity index (χ2v) is 7.60. The average Bonchev–Trinajstić information content (AvgIpc) is 2.90. The van der Waals surface area contributed by atoms with Crippen LogP contribution >= 0.6 is 24.0 Å². The summed E-state index contributed by atoms with van der Waals surface area (Å²) in [6.07, 6.45) is 1.78. The number of aryl methyl sites for hydroxylation is 2. The number of thioether (sulfide) groups is 1. The number of carbonyl (C=O) groups excluding carboxylic acids is 2. The summed E-state index contributed by atoms with van der Waals surface area (Å²) in [5, 5.41) is 0. The maximum atomic E-state index is 12.9. The minimum atomic E-state index is -0.391. The minimum Gasteiger partial charge on any atom is -0.465 e. The van der Waals surface area contributed by atoms with E-state index in [0.29, 0.717) is 14.8 Å². The number of ether oxygens (including phenoxy) is 1. The molecule has 2 aromatic rings. The number of thiocarbonyl (C=S) groups is 1. The van der Waals surface area contributed by atoms with Crippen molar-refractivity contribution in [1.82, 2.24) is 0 Å². The lowest BCUT2D eigenvalue weighted by Crippen LogP contribution is -2.28. The van der Waals surface area contributed by atoms with Gasteiger partial charge in [0.1, 0.15) is 0 Å². The van der Waals surface area contributed by atoms with E-state index in [0.717, 1.165) is 22.4 Å². The van der Waals surface area contributed by atoms with Crippen molar-refractivity contribution >= 4 is 51.9 Å². The maximum absolute atomic E-state index is 12.9. The summed E-state index contributed by atoms with van der Waals surface area (Å²) in [6, 6.07) is 12.8. The summed E-state index contributed by atoms with van der Waals surface area (Å²) >= 11 is 6.71. The van der Waals surface area contributed by atoms with Crippen LogP contribution in [0.3, 0.4) is 0 Å². The molecule has 1 heterocycles. The first-order valence-electron chi connectivity index (χ1n) is 7.94. The van der Waals surface area contributed by atoms with E-state index in [1.165, 1.54) is 18.9 Å². The molecular weight excluding hydrogens is 366 g/mol. The number of amides is 1. The zero-order valence-electron chi connectivity index (χ0n) is 14.6. The second-order valence-electron chi connectivity index (χ2n) is 5.92. The van der Waals surface area contributed by atoms with Crippen molar-refractivity contribution in [2.24, 2.45) is 0 Å². The lowest BCUT2D eigenvalue weighted by molar-refractivity contribution is -0.113. The number of nitrogens with zero attached hydrogens (tertiary/aromatic N) is 1. The minimum absolute atomic E-state index is 0.134. The summed E-state index contributed by atoms with van der Waals surface area (Å²) in [4.78, 5) is 26.5. The number of esters is 1. The van der Waals surface area contributed by atoms with Crippen LogP contribution in [-0.4, -0.2) is 23.3 Å². The monoisotopic (exact) mass is 383 g/mol. The van der Waals surface area contributed by atoms with Crippen LogP contribution in [0.25, 0.3) is 6.08 Å². The van der Waals surface area contributed by atoms with Crippen molar-refractivity contribution < 1.29 is 14.3 Å². The Labute approximate surface area is 161 Å². The Kier molecular flexibility index (Phi) is 5.25. The standard InChI is InChI=1S/C20H17NO3S2/c1-12-4-5-13(2)16(10-12)21-18(22)17(26-20(21)25)11-14-6-8-15(9-7-14)19(23)24-3/h4-11H,1-3H3. The molecule has 1 aliphatic heterocycles. The van der Waals surface area contributed by atoms with Gasteiger partial charge in [-0.3, -0.25) is 9.69 Å². The van der Waals surface area contributed by atoms with E-state index in [1.54, 1.807) is 35.2 Å². The van der Waals surface area contributed by atoms with Gasteiger partial charge in [0.25, 0.3) is 5.91 Å². The molecule has 0 N–H and O–H groups in total. The van der Waals surface area contributed by atoms with Crippen LogP contribution < -0.4 is 4.90 Å². The average molecular weight is 383 g/mol. The van der Waals surface area contributed by atoms with Gasteiger partial charge in [0.15, 0.2) is 4.32 Å². The highest BCUT2D eigenvalue weighted by Crippen LogP contribution is 2.37. The number of benzene rings is 2. The van der Waals surface area contributed by atoms with Crippen molar-refractivity contribution in [1.29, 1.82) is 0 Å². The largest absolute Gasteiger partial charge is 0.465 e. The first-order chi connectivity index (χ1) is 12.4. The SMILES string of the molecule is COC(=O)c1ccc(C=C2SC(=S)N(c3cc(C)ccc3C)C2=O)cc1. The summed E-state index contributed by atoms with van der Waals surface area (Å²) in [5.41, 5.74) is 4.17. The smallest absolute Gasteiger partial charge is 0.337 e. The van der Waals surface area contributed by atoms with Gasteiger partial charge in [-0.25, -0.2) is 4.79 Å². The van der Waals surface area contributed by atoms with Crippen molar-refractivity contribution in [2.75, 3.05) is 12.0 Å². The fraction of sp³-hybridized carbons (Fsp3) is 0.150. The Morgan fingerprint density at radius 2 is 1.85 bits per heavy atom. The molecule has 132 valence electrons. The van der Waals surface area contributed by atoms with E-state index in [4.69, 9.17) is 12.2 Å². The number of methoxy groups -OCH3 is 1. The zero-order chi connectivity index (χ0) is 18.8. The molecule has 1 fully saturated rings. The summed E-state index contributed by atoms with van der Waals surface area (Å²) < 4.78 is 5.20. The van der Waals surface area contributed by atoms with E-state index >= 15 is 0 Å². The normalized spacial score (nSPS) is 15.7. The highest BCUT2D eigenvalue weighted by Gasteiger charge is 2.34. The van der Waals surface area contributed by atoms with Gasteiger partial charge in [0.2, 0.25) is 0 Å². The predicted octanol–water partition coefficient (Wildman–Crippen LogP) is 4.50. The summed E-state index contributed by atoms with van der Waals surface area (Å²) in [5.74, 6) is -0.524. The topological polar surface area (TPSA) is 46.6 Å². The summed E-state index contributed by atoms with van der Waals surface area (Å²) in [6.45, 7) is 3.95. The maximum Gasteiger partial charge on any atom is 0.337 e. The van der Waals surface area contributed by atoms with Crippen LogP contribution in [0, 0.1) is 13.8 Å². The van der Waals surface area contributed by atoms with Crippen molar-refractivity contribution in [3.05, 3.63) is 69.6 Å². The molecule has 1 saturated heterocycles. The van der Waals surface area contributed by atoms with Gasteiger partial charge in [-0.05, 0) is 54.8 Å². The van der Waals surface area contributed by atoms with E-state index < -0.39 is 5.97 Å². The van der Waals surface area contributed by atoms with Crippen LogP contribution in [0.2, 0.25) is 0 Å². The zero-order valence-corrected chi connectivity index (χ0v) is 16.2. The molecule has 0 unspecified atom stereocenters. The molecule has 0 spiro atoms. The van der Waals surface area contributed by atoms with Gasteiger partial charge < -0.3 is 4.74 Å². The van der Waals surface area contributed by atoms with E-state index in [9.17, 15) is 9.59 Å². The molecule has 0 bridgehead atoms.